The number of rotatable bonds is 11. The maximum Gasteiger partial charge on any atom is 0.326 e. The Labute approximate surface area is 159 Å². The van der Waals surface area contributed by atoms with Gasteiger partial charge in [-0.2, -0.15) is 0 Å². The summed E-state index contributed by atoms with van der Waals surface area (Å²) in [6.07, 6.45) is 0.240. The van der Waals surface area contributed by atoms with Crippen LogP contribution in [0.4, 0.5) is 0 Å². The minimum Gasteiger partial charge on any atom is -0.480 e. The van der Waals surface area contributed by atoms with Gasteiger partial charge in [-0.1, -0.05) is 27.7 Å². The van der Waals surface area contributed by atoms with E-state index in [1.54, 1.807) is 13.8 Å². The van der Waals surface area contributed by atoms with E-state index in [1.807, 2.05) is 13.8 Å². The first-order chi connectivity index (χ1) is 12.4. The number of amides is 3. The number of aliphatic carboxylic acids is 1. The highest BCUT2D eigenvalue weighted by atomic mass is 16.4. The second-order valence-electron chi connectivity index (χ2n) is 7.29. The van der Waals surface area contributed by atoms with Crippen molar-refractivity contribution in [2.45, 2.75) is 65.2 Å². The van der Waals surface area contributed by atoms with Crippen LogP contribution < -0.4 is 21.7 Å². The van der Waals surface area contributed by atoms with Gasteiger partial charge in [0.2, 0.25) is 17.7 Å². The Bertz CT molecular complexity index is 536. The van der Waals surface area contributed by atoms with Gasteiger partial charge in [-0.05, 0) is 25.2 Å². The second kappa shape index (κ2) is 11.5. The zero-order valence-corrected chi connectivity index (χ0v) is 16.5. The van der Waals surface area contributed by atoms with E-state index in [0.717, 1.165) is 0 Å². The molecule has 0 aromatic rings. The standard InChI is InChI=1S/C17H32N4O6/c1-8(2)6-11(17(26)27)19-16(25)13(9(3)4)21-15(24)12(7-22)20-14(23)10(5)18/h8-13,22H,6-7,18H2,1-5H3,(H,19,25)(H,20,23)(H,21,24)(H,26,27)/t10-,11-,12-,13-/m0/s1. The van der Waals surface area contributed by atoms with Crippen LogP contribution in [0.3, 0.4) is 0 Å². The van der Waals surface area contributed by atoms with Crippen LogP contribution in [-0.4, -0.2) is 64.7 Å². The summed E-state index contributed by atoms with van der Waals surface area (Å²) < 4.78 is 0. The number of hydrogen-bond donors (Lipinski definition) is 6. The molecule has 10 nitrogen and oxygen atoms in total. The first-order valence-corrected chi connectivity index (χ1v) is 8.91. The number of carbonyl (C=O) groups is 4. The molecule has 0 rings (SSSR count). The van der Waals surface area contributed by atoms with E-state index >= 15 is 0 Å². The molecule has 0 aromatic carbocycles. The van der Waals surface area contributed by atoms with E-state index in [-0.39, 0.29) is 18.3 Å². The molecule has 0 unspecified atom stereocenters. The van der Waals surface area contributed by atoms with E-state index in [1.165, 1.54) is 6.92 Å². The number of nitrogens with one attached hydrogen (secondary N) is 3. The van der Waals surface area contributed by atoms with Crippen LogP contribution >= 0.6 is 0 Å². The van der Waals surface area contributed by atoms with Crippen LogP contribution in [0.15, 0.2) is 0 Å². The van der Waals surface area contributed by atoms with Crippen molar-refractivity contribution in [2.75, 3.05) is 6.61 Å². The van der Waals surface area contributed by atoms with Crippen LogP contribution in [0.2, 0.25) is 0 Å². The molecule has 0 aliphatic heterocycles. The van der Waals surface area contributed by atoms with Crippen molar-refractivity contribution in [3.8, 4) is 0 Å². The Morgan fingerprint density at radius 3 is 1.74 bits per heavy atom. The molecule has 27 heavy (non-hydrogen) atoms. The van der Waals surface area contributed by atoms with Gasteiger partial charge in [-0.25, -0.2) is 4.79 Å². The van der Waals surface area contributed by atoms with Crippen LogP contribution in [0.1, 0.15) is 41.0 Å². The van der Waals surface area contributed by atoms with Crippen LogP contribution in [-0.2, 0) is 19.2 Å². The summed E-state index contributed by atoms with van der Waals surface area (Å²) in [6.45, 7) is 7.76. The second-order valence-corrected chi connectivity index (χ2v) is 7.29. The molecule has 10 heteroatoms. The number of hydrogen-bond acceptors (Lipinski definition) is 6. The van der Waals surface area contributed by atoms with E-state index in [2.05, 4.69) is 16.0 Å². The van der Waals surface area contributed by atoms with Crippen molar-refractivity contribution in [3.05, 3.63) is 0 Å². The Hall–Kier alpha value is -2.20. The van der Waals surface area contributed by atoms with Crippen LogP contribution in [0.25, 0.3) is 0 Å². The minimum absolute atomic E-state index is 0.0470. The van der Waals surface area contributed by atoms with E-state index in [0.29, 0.717) is 0 Å². The third-order valence-corrected chi connectivity index (χ3v) is 3.80. The van der Waals surface area contributed by atoms with E-state index in [4.69, 9.17) is 5.73 Å². The number of aliphatic hydroxyl groups excluding tert-OH is 1. The molecular formula is C17H32N4O6. The SMILES string of the molecule is CC(C)C[C@H](NC(=O)[C@@H](NC(=O)[C@H](CO)NC(=O)[C@H](C)N)C(C)C)C(=O)O. The molecule has 0 spiro atoms. The van der Waals surface area contributed by atoms with E-state index < -0.39 is 54.5 Å². The van der Waals surface area contributed by atoms with Crippen molar-refractivity contribution in [1.29, 1.82) is 0 Å². The van der Waals surface area contributed by atoms with Crippen molar-refractivity contribution >= 4 is 23.7 Å². The van der Waals surface area contributed by atoms with E-state index in [9.17, 15) is 29.4 Å². The van der Waals surface area contributed by atoms with Gasteiger partial charge in [-0.3, -0.25) is 14.4 Å². The van der Waals surface area contributed by atoms with Gasteiger partial charge in [0.1, 0.15) is 18.1 Å². The third kappa shape index (κ3) is 8.83. The molecule has 0 saturated carbocycles. The highest BCUT2D eigenvalue weighted by Gasteiger charge is 2.31. The monoisotopic (exact) mass is 388 g/mol. The summed E-state index contributed by atoms with van der Waals surface area (Å²) in [4.78, 5) is 47.8. The third-order valence-electron chi connectivity index (χ3n) is 3.80. The van der Waals surface area contributed by atoms with Crippen molar-refractivity contribution in [1.82, 2.24) is 16.0 Å². The molecule has 156 valence electrons. The number of aliphatic hydroxyl groups is 1. The highest BCUT2D eigenvalue weighted by molar-refractivity contribution is 5.94. The van der Waals surface area contributed by atoms with Crippen LogP contribution in [0, 0.1) is 11.8 Å². The van der Waals surface area contributed by atoms with Gasteiger partial charge in [0.05, 0.1) is 12.6 Å². The Morgan fingerprint density at radius 1 is 0.852 bits per heavy atom. The largest absolute Gasteiger partial charge is 0.480 e. The smallest absolute Gasteiger partial charge is 0.326 e. The molecule has 0 fully saturated rings. The first kappa shape index (κ1) is 24.8. The molecule has 0 aromatic heterocycles. The summed E-state index contributed by atoms with van der Waals surface area (Å²) in [5.74, 6) is -3.52. The highest BCUT2D eigenvalue weighted by Crippen LogP contribution is 2.08. The van der Waals surface area contributed by atoms with Crippen molar-refractivity contribution < 1.29 is 29.4 Å². The maximum atomic E-state index is 12.5. The Balaban J connectivity index is 5.14. The molecule has 4 atom stereocenters. The van der Waals surface area contributed by atoms with Gasteiger partial charge < -0.3 is 31.9 Å². The topological polar surface area (TPSA) is 171 Å². The lowest BCUT2D eigenvalue weighted by atomic mass is 10.00. The summed E-state index contributed by atoms with van der Waals surface area (Å²) in [5, 5.41) is 25.8. The summed E-state index contributed by atoms with van der Waals surface area (Å²) in [5.41, 5.74) is 5.41. The molecule has 0 radical (unpaired) electrons. The first-order valence-electron chi connectivity index (χ1n) is 8.91. The predicted octanol–water partition coefficient (Wildman–Crippen LogP) is -1.43. The lowest BCUT2D eigenvalue weighted by Gasteiger charge is -2.26. The molecule has 0 aliphatic carbocycles. The minimum atomic E-state index is -1.27. The number of carboxylic acid groups (broad SMARTS) is 1. The number of carboxylic acids is 1. The fraction of sp³-hybridized carbons (Fsp3) is 0.765. The van der Waals surface area contributed by atoms with Gasteiger partial charge in [0, 0.05) is 0 Å². The Kier molecular flexibility index (Phi) is 10.6. The zero-order chi connectivity index (χ0) is 21.3. The molecule has 0 heterocycles. The normalized spacial score (nSPS) is 15.6. The lowest BCUT2D eigenvalue weighted by Crippen LogP contribution is -2.59. The summed E-state index contributed by atoms with van der Waals surface area (Å²) in [7, 11) is 0. The Morgan fingerprint density at radius 2 is 1.37 bits per heavy atom. The molecular weight excluding hydrogens is 356 g/mol. The zero-order valence-electron chi connectivity index (χ0n) is 16.5. The molecule has 0 aliphatic rings. The van der Waals surface area contributed by atoms with Gasteiger partial charge in [-0.15, -0.1) is 0 Å². The molecule has 0 bridgehead atoms. The van der Waals surface area contributed by atoms with Gasteiger partial charge in [0.15, 0.2) is 0 Å². The average Bonchev–Trinajstić information content (AvgIpc) is 2.55. The van der Waals surface area contributed by atoms with Gasteiger partial charge in [0.25, 0.3) is 0 Å². The van der Waals surface area contributed by atoms with Crippen LogP contribution in [0.5, 0.6) is 0 Å². The average molecular weight is 388 g/mol. The molecule has 0 saturated heterocycles. The molecule has 7 N–H and O–H groups in total. The predicted molar refractivity (Wildman–Crippen MR) is 98.5 cm³/mol. The fourth-order valence-corrected chi connectivity index (χ4v) is 2.24. The molecule has 3 amide bonds. The maximum absolute atomic E-state index is 12.5. The summed E-state index contributed by atoms with van der Waals surface area (Å²) >= 11 is 0. The summed E-state index contributed by atoms with van der Waals surface area (Å²) in [6, 6.07) is -4.26. The van der Waals surface area contributed by atoms with Crippen molar-refractivity contribution in [2.24, 2.45) is 17.6 Å². The van der Waals surface area contributed by atoms with Gasteiger partial charge >= 0.3 is 5.97 Å². The quantitative estimate of drug-likeness (QED) is 0.252. The number of carbonyl (C=O) groups excluding carboxylic acids is 3. The van der Waals surface area contributed by atoms with Crippen molar-refractivity contribution in [3.63, 3.8) is 0 Å². The number of nitrogens with two attached hydrogens (primary N) is 1. The lowest BCUT2D eigenvalue weighted by molar-refractivity contribution is -0.143. The fourth-order valence-electron chi connectivity index (χ4n) is 2.24.